The lowest BCUT2D eigenvalue weighted by molar-refractivity contribution is 0.0816. The summed E-state index contributed by atoms with van der Waals surface area (Å²) in [5.74, 6) is 0.318. The van der Waals surface area contributed by atoms with E-state index in [1.54, 1.807) is 33.1 Å². The van der Waals surface area contributed by atoms with Gasteiger partial charge in [0.15, 0.2) is 0 Å². The number of carbonyl (C=O) groups excluding carboxylic acids is 1. The van der Waals surface area contributed by atoms with E-state index in [2.05, 4.69) is 10.6 Å². The van der Waals surface area contributed by atoms with Gasteiger partial charge in [0.25, 0.3) is 6.43 Å². The van der Waals surface area contributed by atoms with E-state index < -0.39 is 19.1 Å². The zero-order valence-electron chi connectivity index (χ0n) is 12.3. The first-order valence-corrected chi connectivity index (χ1v) is 6.50. The van der Waals surface area contributed by atoms with Crippen molar-refractivity contribution in [3.05, 3.63) is 23.8 Å². The Labute approximate surface area is 122 Å². The highest BCUT2D eigenvalue weighted by atomic mass is 19.3. The number of nitrogens with one attached hydrogen (secondary N) is 2. The van der Waals surface area contributed by atoms with Gasteiger partial charge >= 0.3 is 6.03 Å². The molecule has 0 aliphatic heterocycles. The van der Waals surface area contributed by atoms with Crippen LogP contribution < -0.4 is 15.4 Å². The zero-order valence-corrected chi connectivity index (χ0v) is 12.3. The molecule has 0 unspecified atom stereocenters. The standard InChI is InChI=1S/C14H20F2N2O3/c1-9-4-5-11(6-12(9)21-8-13(15)16)18-14(19)17-10(2)7-20-3/h4-6,10,13H,7-8H2,1-3H3,(H2,17,18,19)/t10-/m0/s1. The number of rotatable bonds is 7. The van der Waals surface area contributed by atoms with E-state index >= 15 is 0 Å². The SMILES string of the molecule is COC[C@H](C)NC(=O)Nc1ccc(C)c(OCC(F)F)c1. The van der Waals surface area contributed by atoms with Crippen LogP contribution in [0.4, 0.5) is 19.3 Å². The first-order valence-electron chi connectivity index (χ1n) is 6.50. The maximum Gasteiger partial charge on any atom is 0.319 e. The van der Waals surface area contributed by atoms with Crippen LogP contribution in [0, 0.1) is 6.92 Å². The molecule has 0 bridgehead atoms. The van der Waals surface area contributed by atoms with Crippen molar-refractivity contribution >= 4 is 11.7 Å². The molecule has 0 heterocycles. The van der Waals surface area contributed by atoms with Crippen LogP contribution in [0.1, 0.15) is 12.5 Å². The Balaban J connectivity index is 2.62. The lowest BCUT2D eigenvalue weighted by atomic mass is 10.2. The maximum atomic E-state index is 12.2. The molecule has 7 heteroatoms. The van der Waals surface area contributed by atoms with Crippen LogP contribution in [0.2, 0.25) is 0 Å². The van der Waals surface area contributed by atoms with Crippen molar-refractivity contribution < 1.29 is 23.0 Å². The van der Waals surface area contributed by atoms with Crippen LogP contribution in [0.3, 0.4) is 0 Å². The molecule has 1 atom stereocenters. The lowest BCUT2D eigenvalue weighted by Gasteiger charge is -2.15. The van der Waals surface area contributed by atoms with E-state index in [1.165, 1.54) is 6.07 Å². The van der Waals surface area contributed by atoms with Gasteiger partial charge in [0.1, 0.15) is 12.4 Å². The molecule has 0 fully saturated rings. The molecule has 0 aliphatic rings. The summed E-state index contributed by atoms with van der Waals surface area (Å²) in [6.07, 6.45) is -2.54. The molecular weight excluding hydrogens is 282 g/mol. The second-order valence-corrected chi connectivity index (χ2v) is 4.64. The van der Waals surface area contributed by atoms with Gasteiger partial charge in [-0.05, 0) is 25.5 Å². The summed E-state index contributed by atoms with van der Waals surface area (Å²) >= 11 is 0. The summed E-state index contributed by atoms with van der Waals surface area (Å²) < 4.78 is 34.2. The van der Waals surface area contributed by atoms with E-state index in [4.69, 9.17) is 9.47 Å². The van der Waals surface area contributed by atoms with Gasteiger partial charge in [-0.2, -0.15) is 0 Å². The summed E-state index contributed by atoms with van der Waals surface area (Å²) in [7, 11) is 1.54. The Bertz CT molecular complexity index is 470. The first-order chi connectivity index (χ1) is 9.92. The Hall–Kier alpha value is -1.89. The van der Waals surface area contributed by atoms with Gasteiger partial charge in [-0.3, -0.25) is 0 Å². The molecule has 0 aromatic heterocycles. The molecule has 0 saturated heterocycles. The highest BCUT2D eigenvalue weighted by Crippen LogP contribution is 2.23. The Morgan fingerprint density at radius 2 is 2.05 bits per heavy atom. The van der Waals surface area contributed by atoms with Gasteiger partial charge in [0.05, 0.1) is 12.6 Å². The van der Waals surface area contributed by atoms with E-state index in [0.29, 0.717) is 23.6 Å². The molecule has 0 spiro atoms. The predicted molar refractivity (Wildman–Crippen MR) is 76.2 cm³/mol. The van der Waals surface area contributed by atoms with Gasteiger partial charge in [-0.25, -0.2) is 13.6 Å². The zero-order chi connectivity index (χ0) is 15.8. The van der Waals surface area contributed by atoms with Crippen molar-refractivity contribution in [3.8, 4) is 5.75 Å². The minimum Gasteiger partial charge on any atom is -0.487 e. The number of anilines is 1. The summed E-state index contributed by atoms with van der Waals surface area (Å²) in [5, 5.41) is 5.29. The predicted octanol–water partition coefficient (Wildman–Crippen LogP) is 2.80. The minimum atomic E-state index is -2.54. The molecule has 1 rings (SSSR count). The van der Waals surface area contributed by atoms with E-state index in [9.17, 15) is 13.6 Å². The molecule has 5 nitrogen and oxygen atoms in total. The number of hydrogen-bond donors (Lipinski definition) is 2. The number of ether oxygens (including phenoxy) is 2. The topological polar surface area (TPSA) is 59.6 Å². The number of carbonyl (C=O) groups is 1. The molecule has 118 valence electrons. The molecule has 21 heavy (non-hydrogen) atoms. The number of aryl methyl sites for hydroxylation is 1. The van der Waals surface area contributed by atoms with Crippen LogP contribution in [0.25, 0.3) is 0 Å². The van der Waals surface area contributed by atoms with Crippen molar-refractivity contribution in [1.82, 2.24) is 5.32 Å². The van der Waals surface area contributed by atoms with Crippen molar-refractivity contribution in [2.75, 3.05) is 25.6 Å². The van der Waals surface area contributed by atoms with E-state index in [0.717, 1.165) is 0 Å². The normalized spacial score (nSPS) is 12.1. The van der Waals surface area contributed by atoms with Crippen LogP contribution in [0.15, 0.2) is 18.2 Å². The Morgan fingerprint density at radius 3 is 2.67 bits per heavy atom. The number of methoxy groups -OCH3 is 1. The molecule has 1 aromatic rings. The number of alkyl halides is 2. The summed E-state index contributed by atoms with van der Waals surface area (Å²) in [5.41, 5.74) is 1.18. The second-order valence-electron chi connectivity index (χ2n) is 4.64. The quantitative estimate of drug-likeness (QED) is 0.814. The summed E-state index contributed by atoms with van der Waals surface area (Å²) in [4.78, 5) is 11.7. The maximum absolute atomic E-state index is 12.2. The van der Waals surface area contributed by atoms with Crippen molar-refractivity contribution in [3.63, 3.8) is 0 Å². The fourth-order valence-corrected chi connectivity index (χ4v) is 1.67. The fourth-order valence-electron chi connectivity index (χ4n) is 1.67. The van der Waals surface area contributed by atoms with Crippen molar-refractivity contribution in [2.45, 2.75) is 26.3 Å². The monoisotopic (exact) mass is 302 g/mol. The van der Waals surface area contributed by atoms with Gasteiger partial charge in [-0.1, -0.05) is 6.07 Å². The average Bonchev–Trinajstić information content (AvgIpc) is 2.39. The number of benzene rings is 1. The molecule has 0 radical (unpaired) electrons. The first kappa shape index (κ1) is 17.2. The summed E-state index contributed by atoms with van der Waals surface area (Å²) in [6.45, 7) is 3.26. The van der Waals surface area contributed by atoms with Crippen molar-refractivity contribution in [2.24, 2.45) is 0 Å². The van der Waals surface area contributed by atoms with Crippen LogP contribution in [-0.4, -0.2) is 38.8 Å². The molecule has 0 aliphatic carbocycles. The minimum absolute atomic E-state index is 0.144. The van der Waals surface area contributed by atoms with Gasteiger partial charge in [0, 0.05) is 18.9 Å². The Kier molecular flexibility index (Phi) is 6.87. The largest absolute Gasteiger partial charge is 0.487 e. The van der Waals surface area contributed by atoms with Gasteiger partial charge < -0.3 is 20.1 Å². The van der Waals surface area contributed by atoms with Crippen LogP contribution in [-0.2, 0) is 4.74 Å². The average molecular weight is 302 g/mol. The van der Waals surface area contributed by atoms with Crippen LogP contribution >= 0.6 is 0 Å². The second kappa shape index (κ2) is 8.41. The number of halogens is 2. The Morgan fingerprint density at radius 1 is 1.33 bits per heavy atom. The highest BCUT2D eigenvalue weighted by Gasteiger charge is 2.10. The third-order valence-corrected chi connectivity index (χ3v) is 2.60. The highest BCUT2D eigenvalue weighted by molar-refractivity contribution is 5.89. The third kappa shape index (κ3) is 6.40. The molecule has 2 amide bonds. The third-order valence-electron chi connectivity index (χ3n) is 2.60. The number of urea groups is 1. The lowest BCUT2D eigenvalue weighted by Crippen LogP contribution is -2.38. The van der Waals surface area contributed by atoms with Gasteiger partial charge in [-0.15, -0.1) is 0 Å². The molecular formula is C14H20F2N2O3. The number of hydrogen-bond acceptors (Lipinski definition) is 3. The van der Waals surface area contributed by atoms with Crippen molar-refractivity contribution in [1.29, 1.82) is 0 Å². The van der Waals surface area contributed by atoms with E-state index in [1.807, 2.05) is 0 Å². The molecule has 1 aromatic carbocycles. The molecule has 0 saturated carbocycles. The fraction of sp³-hybridized carbons (Fsp3) is 0.500. The summed E-state index contributed by atoms with van der Waals surface area (Å²) in [6, 6.07) is 4.33. The van der Waals surface area contributed by atoms with Crippen LogP contribution in [0.5, 0.6) is 5.75 Å². The molecule has 2 N–H and O–H groups in total. The number of amides is 2. The van der Waals surface area contributed by atoms with E-state index in [-0.39, 0.29) is 6.04 Å². The smallest absolute Gasteiger partial charge is 0.319 e. The van der Waals surface area contributed by atoms with Gasteiger partial charge in [0.2, 0.25) is 0 Å².